The molecule has 0 radical (unpaired) electrons. The second kappa shape index (κ2) is 6.73. The molecule has 1 aliphatic rings. The van der Waals surface area contributed by atoms with Crippen molar-refractivity contribution in [3.8, 4) is 0 Å². The molecule has 2 N–H and O–H groups in total. The van der Waals surface area contributed by atoms with Crippen molar-refractivity contribution in [2.75, 3.05) is 6.61 Å². The predicted molar refractivity (Wildman–Crippen MR) is 85.1 cm³/mol. The topological polar surface area (TPSA) is 35.2 Å². The van der Waals surface area contributed by atoms with Crippen molar-refractivity contribution in [3.05, 3.63) is 34.9 Å². The highest BCUT2D eigenvalue weighted by molar-refractivity contribution is 5.38. The van der Waals surface area contributed by atoms with E-state index in [9.17, 15) is 0 Å². The van der Waals surface area contributed by atoms with E-state index in [1.165, 1.54) is 29.5 Å². The summed E-state index contributed by atoms with van der Waals surface area (Å²) in [5, 5.41) is 0. The maximum Gasteiger partial charge on any atom is 0.0767 e. The van der Waals surface area contributed by atoms with Gasteiger partial charge >= 0.3 is 0 Å². The van der Waals surface area contributed by atoms with Gasteiger partial charge in [-0.2, -0.15) is 0 Å². The summed E-state index contributed by atoms with van der Waals surface area (Å²) < 4.78 is 5.88. The average molecular weight is 275 g/mol. The first kappa shape index (κ1) is 15.5. The van der Waals surface area contributed by atoms with E-state index in [1.54, 1.807) is 0 Å². The fourth-order valence-corrected chi connectivity index (χ4v) is 3.01. The third kappa shape index (κ3) is 3.42. The van der Waals surface area contributed by atoms with Gasteiger partial charge in [-0.05, 0) is 47.8 Å². The van der Waals surface area contributed by atoms with Crippen molar-refractivity contribution in [1.29, 1.82) is 0 Å². The lowest BCUT2D eigenvalue weighted by atomic mass is 9.86. The van der Waals surface area contributed by atoms with Crippen molar-refractivity contribution in [2.45, 2.75) is 70.9 Å². The Bertz CT molecular complexity index is 433. The molecule has 1 aromatic carbocycles. The van der Waals surface area contributed by atoms with Gasteiger partial charge in [0.25, 0.3) is 0 Å². The summed E-state index contributed by atoms with van der Waals surface area (Å²) >= 11 is 0. The monoisotopic (exact) mass is 275 g/mol. The van der Waals surface area contributed by atoms with Crippen molar-refractivity contribution in [3.63, 3.8) is 0 Å². The second-order valence-corrected chi connectivity index (χ2v) is 6.63. The molecule has 1 saturated heterocycles. The van der Waals surface area contributed by atoms with E-state index in [4.69, 9.17) is 10.5 Å². The normalized spacial score (nSPS) is 21.4. The van der Waals surface area contributed by atoms with Crippen LogP contribution in [-0.2, 0) is 4.74 Å². The molecule has 1 aliphatic heterocycles. The van der Waals surface area contributed by atoms with Gasteiger partial charge in [0.15, 0.2) is 0 Å². The molecule has 112 valence electrons. The van der Waals surface area contributed by atoms with Crippen LogP contribution in [0.5, 0.6) is 0 Å². The average Bonchev–Trinajstić information content (AvgIpc) is 2.46. The Labute approximate surface area is 123 Å². The van der Waals surface area contributed by atoms with Gasteiger partial charge < -0.3 is 10.5 Å². The Hall–Kier alpha value is -0.860. The summed E-state index contributed by atoms with van der Waals surface area (Å²) in [7, 11) is 0. The van der Waals surface area contributed by atoms with Crippen LogP contribution in [-0.4, -0.2) is 12.7 Å². The lowest BCUT2D eigenvalue weighted by Crippen LogP contribution is -2.32. The number of benzene rings is 1. The quantitative estimate of drug-likeness (QED) is 0.878. The molecule has 1 fully saturated rings. The SMILES string of the molecule is CC(C)c1ccc(C(N)C2CCCCO2)c(C(C)C)c1. The van der Waals surface area contributed by atoms with Gasteiger partial charge in [0.1, 0.15) is 0 Å². The van der Waals surface area contributed by atoms with Crippen molar-refractivity contribution in [1.82, 2.24) is 0 Å². The number of ether oxygens (including phenoxy) is 1. The third-order valence-corrected chi connectivity index (χ3v) is 4.37. The molecule has 20 heavy (non-hydrogen) atoms. The van der Waals surface area contributed by atoms with Gasteiger partial charge in [-0.25, -0.2) is 0 Å². The summed E-state index contributed by atoms with van der Waals surface area (Å²) in [5.74, 6) is 1.06. The van der Waals surface area contributed by atoms with Crippen LogP contribution in [0.3, 0.4) is 0 Å². The highest BCUT2D eigenvalue weighted by Crippen LogP contribution is 2.32. The summed E-state index contributed by atoms with van der Waals surface area (Å²) in [6, 6.07) is 6.81. The number of rotatable bonds is 4. The molecule has 0 saturated carbocycles. The van der Waals surface area contributed by atoms with Gasteiger partial charge in [0, 0.05) is 6.61 Å². The van der Waals surface area contributed by atoms with Crippen LogP contribution in [0.4, 0.5) is 0 Å². The molecule has 2 rings (SSSR count). The predicted octanol–water partition coefficient (Wildman–Crippen LogP) is 4.50. The highest BCUT2D eigenvalue weighted by Gasteiger charge is 2.25. The van der Waals surface area contributed by atoms with E-state index in [2.05, 4.69) is 45.9 Å². The molecule has 2 heteroatoms. The Morgan fingerprint density at radius 1 is 1.05 bits per heavy atom. The first-order chi connectivity index (χ1) is 9.50. The smallest absolute Gasteiger partial charge is 0.0767 e. The standard InChI is InChI=1S/C18H29NO/c1-12(2)14-8-9-15(16(11-14)13(3)4)18(19)17-7-5-6-10-20-17/h8-9,11-13,17-18H,5-7,10,19H2,1-4H3. The number of nitrogens with two attached hydrogens (primary N) is 1. The molecule has 2 unspecified atom stereocenters. The van der Waals surface area contributed by atoms with Crippen LogP contribution in [0, 0.1) is 0 Å². The van der Waals surface area contributed by atoms with Crippen LogP contribution < -0.4 is 5.73 Å². The van der Waals surface area contributed by atoms with Crippen LogP contribution in [0.15, 0.2) is 18.2 Å². The number of hydrogen-bond acceptors (Lipinski definition) is 2. The summed E-state index contributed by atoms with van der Waals surface area (Å²) in [6.07, 6.45) is 3.68. The maximum atomic E-state index is 6.51. The molecule has 2 nitrogen and oxygen atoms in total. The van der Waals surface area contributed by atoms with Crippen molar-refractivity contribution in [2.24, 2.45) is 5.73 Å². The van der Waals surface area contributed by atoms with Gasteiger partial charge in [-0.3, -0.25) is 0 Å². The second-order valence-electron chi connectivity index (χ2n) is 6.63. The van der Waals surface area contributed by atoms with Crippen molar-refractivity contribution >= 4 is 0 Å². The zero-order valence-electron chi connectivity index (χ0n) is 13.4. The minimum absolute atomic E-state index is 0.00825. The first-order valence-electron chi connectivity index (χ1n) is 8.01. The van der Waals surface area contributed by atoms with Gasteiger partial charge in [-0.1, -0.05) is 45.9 Å². The Morgan fingerprint density at radius 3 is 2.35 bits per heavy atom. The van der Waals surface area contributed by atoms with E-state index in [1.807, 2.05) is 0 Å². The maximum absolute atomic E-state index is 6.51. The van der Waals surface area contributed by atoms with Crippen LogP contribution >= 0.6 is 0 Å². The van der Waals surface area contributed by atoms with E-state index < -0.39 is 0 Å². The highest BCUT2D eigenvalue weighted by atomic mass is 16.5. The molecule has 1 heterocycles. The summed E-state index contributed by atoms with van der Waals surface area (Å²) in [4.78, 5) is 0. The third-order valence-electron chi connectivity index (χ3n) is 4.37. The van der Waals surface area contributed by atoms with Crippen LogP contribution in [0.1, 0.15) is 81.5 Å². The molecule has 2 atom stereocenters. The summed E-state index contributed by atoms with van der Waals surface area (Å²) in [6.45, 7) is 9.83. The lowest BCUT2D eigenvalue weighted by Gasteiger charge is -2.30. The summed E-state index contributed by atoms with van der Waals surface area (Å²) in [5.41, 5.74) is 10.6. The molecule has 0 spiro atoms. The largest absolute Gasteiger partial charge is 0.376 e. The fraction of sp³-hybridized carbons (Fsp3) is 0.667. The number of hydrogen-bond donors (Lipinski definition) is 1. The Morgan fingerprint density at radius 2 is 1.80 bits per heavy atom. The molecule has 0 bridgehead atoms. The molecular weight excluding hydrogens is 246 g/mol. The van der Waals surface area contributed by atoms with Crippen LogP contribution in [0.2, 0.25) is 0 Å². The minimum Gasteiger partial charge on any atom is -0.376 e. The van der Waals surface area contributed by atoms with E-state index >= 15 is 0 Å². The molecular formula is C18H29NO. The van der Waals surface area contributed by atoms with E-state index in [0.717, 1.165) is 13.0 Å². The van der Waals surface area contributed by atoms with E-state index in [-0.39, 0.29) is 12.1 Å². The minimum atomic E-state index is 0.00825. The Kier molecular flexibility index (Phi) is 5.22. The molecule has 0 aromatic heterocycles. The zero-order valence-corrected chi connectivity index (χ0v) is 13.4. The van der Waals surface area contributed by atoms with Gasteiger partial charge in [0.2, 0.25) is 0 Å². The van der Waals surface area contributed by atoms with Crippen molar-refractivity contribution < 1.29 is 4.74 Å². The first-order valence-corrected chi connectivity index (χ1v) is 8.01. The van der Waals surface area contributed by atoms with E-state index in [0.29, 0.717) is 11.8 Å². The molecule has 0 aliphatic carbocycles. The zero-order chi connectivity index (χ0) is 14.7. The van der Waals surface area contributed by atoms with Gasteiger partial charge in [0.05, 0.1) is 12.1 Å². The Balaban J connectivity index is 2.29. The van der Waals surface area contributed by atoms with Gasteiger partial charge in [-0.15, -0.1) is 0 Å². The molecule has 1 aromatic rings. The fourth-order valence-electron chi connectivity index (χ4n) is 3.01. The van der Waals surface area contributed by atoms with Crippen LogP contribution in [0.25, 0.3) is 0 Å². The molecule has 0 amide bonds. The lowest BCUT2D eigenvalue weighted by molar-refractivity contribution is -0.000181.